The Morgan fingerprint density at radius 2 is 0.917 bits per heavy atom. The molecule has 0 radical (unpaired) electrons. The first-order chi connectivity index (χ1) is 11.1. The molecule has 0 spiro atoms. The Labute approximate surface area is 147 Å². The van der Waals surface area contributed by atoms with E-state index < -0.39 is 22.5 Å². The number of nitrogens with zero attached hydrogens (tertiary/aromatic N) is 9. The summed E-state index contributed by atoms with van der Waals surface area (Å²) < 4.78 is 30.4. The van der Waals surface area contributed by atoms with E-state index in [4.69, 9.17) is 13.5 Å². The van der Waals surface area contributed by atoms with Crippen molar-refractivity contribution in [2.75, 3.05) is 82.6 Å². The molecule has 0 N–H and O–H groups in total. The molecule has 24 heavy (non-hydrogen) atoms. The number of rotatable bonds is 6. The standard InChI is InChI=1S/C12H32N9P3/c1-16(2)22(17(3)4)13-23(18(5)6,20-9-10-20)15-24(14-22,19(7)8)21-11-12-21/h9-12H2,1-8H3/t23-,24+. The first kappa shape index (κ1) is 19.2. The molecule has 2 fully saturated rings. The molecule has 0 aromatic rings. The van der Waals surface area contributed by atoms with E-state index in [1.165, 1.54) is 0 Å². The molecule has 3 heterocycles. The maximum atomic E-state index is 5.49. The molecule has 0 amide bonds. The van der Waals surface area contributed by atoms with Crippen molar-refractivity contribution >= 4 is 22.5 Å². The molecule has 3 rings (SSSR count). The average Bonchev–Trinajstić information content (AvgIpc) is 3.38. The molecule has 0 saturated carbocycles. The fourth-order valence-electron chi connectivity index (χ4n) is 2.89. The summed E-state index contributed by atoms with van der Waals surface area (Å²) in [5, 5.41) is 0. The summed E-state index contributed by atoms with van der Waals surface area (Å²) in [4.78, 5) is 0. The van der Waals surface area contributed by atoms with Crippen molar-refractivity contribution in [3.05, 3.63) is 0 Å². The summed E-state index contributed by atoms with van der Waals surface area (Å²) in [6.45, 7) is 4.36. The maximum Gasteiger partial charge on any atom is 0.220 e. The van der Waals surface area contributed by atoms with Crippen molar-refractivity contribution in [3.63, 3.8) is 0 Å². The zero-order chi connectivity index (χ0) is 17.9. The third-order valence-electron chi connectivity index (χ3n) is 4.47. The van der Waals surface area contributed by atoms with Gasteiger partial charge in [0.05, 0.1) is 0 Å². The Kier molecular flexibility index (Phi) is 5.01. The van der Waals surface area contributed by atoms with E-state index in [-0.39, 0.29) is 0 Å². The predicted octanol–water partition coefficient (Wildman–Crippen LogP) is 2.72. The van der Waals surface area contributed by atoms with Crippen molar-refractivity contribution in [1.82, 2.24) is 28.0 Å². The summed E-state index contributed by atoms with van der Waals surface area (Å²) in [5.41, 5.74) is 0. The second kappa shape index (κ2) is 6.26. The fourth-order valence-corrected chi connectivity index (χ4v) is 18.1. The van der Waals surface area contributed by atoms with Crippen LogP contribution in [-0.2, 0) is 0 Å². The van der Waals surface area contributed by atoms with Crippen LogP contribution in [0.1, 0.15) is 0 Å². The molecular formula is C12H32N9P3. The van der Waals surface area contributed by atoms with E-state index in [0.29, 0.717) is 0 Å². The highest BCUT2D eigenvalue weighted by Crippen LogP contribution is 2.83. The van der Waals surface area contributed by atoms with Crippen LogP contribution >= 0.6 is 22.5 Å². The third-order valence-corrected chi connectivity index (χ3v) is 16.8. The van der Waals surface area contributed by atoms with E-state index in [1.807, 2.05) is 0 Å². The van der Waals surface area contributed by atoms with E-state index in [0.717, 1.165) is 26.2 Å². The van der Waals surface area contributed by atoms with E-state index in [1.54, 1.807) is 0 Å². The van der Waals surface area contributed by atoms with E-state index >= 15 is 0 Å². The monoisotopic (exact) mass is 395 g/mol. The van der Waals surface area contributed by atoms with Gasteiger partial charge in [-0.2, -0.15) is 13.5 Å². The first-order valence-electron chi connectivity index (χ1n) is 8.24. The Morgan fingerprint density at radius 3 is 1.21 bits per heavy atom. The van der Waals surface area contributed by atoms with Gasteiger partial charge in [-0.3, -0.25) is 0 Å². The Hall–Kier alpha value is 0.450. The van der Waals surface area contributed by atoms with Gasteiger partial charge in [0.15, 0.2) is 0 Å². The lowest BCUT2D eigenvalue weighted by molar-refractivity contribution is 0.553. The zero-order valence-electron chi connectivity index (χ0n) is 16.2. The molecule has 0 aliphatic carbocycles. The Bertz CT molecular complexity index is 548. The lowest BCUT2D eigenvalue weighted by Gasteiger charge is -2.44. The normalized spacial score (nSPS) is 36.0. The van der Waals surface area contributed by atoms with Crippen molar-refractivity contribution < 1.29 is 0 Å². The fraction of sp³-hybridized carbons (Fsp3) is 1.00. The minimum Gasteiger partial charge on any atom is -0.246 e. The van der Waals surface area contributed by atoms with Gasteiger partial charge in [0.1, 0.15) is 0 Å². The van der Waals surface area contributed by atoms with Crippen LogP contribution in [-0.4, -0.2) is 111 Å². The van der Waals surface area contributed by atoms with Crippen molar-refractivity contribution in [2.45, 2.75) is 0 Å². The second-order valence-electron chi connectivity index (χ2n) is 7.17. The summed E-state index contributed by atoms with van der Waals surface area (Å²) >= 11 is 0. The highest BCUT2D eigenvalue weighted by atomic mass is 31.3. The van der Waals surface area contributed by atoms with Crippen LogP contribution in [0.5, 0.6) is 0 Å². The zero-order valence-corrected chi connectivity index (χ0v) is 18.9. The van der Waals surface area contributed by atoms with Gasteiger partial charge in [-0.05, 0) is 56.4 Å². The molecule has 9 nitrogen and oxygen atoms in total. The topological polar surface area (TPSA) is 56.1 Å². The molecule has 12 heteroatoms. The number of hydrogen-bond acceptors (Lipinski definition) is 9. The summed E-state index contributed by atoms with van der Waals surface area (Å²) in [7, 11) is 10.7. The van der Waals surface area contributed by atoms with Gasteiger partial charge in [0.2, 0.25) is 22.5 Å². The van der Waals surface area contributed by atoms with Crippen molar-refractivity contribution in [3.8, 4) is 0 Å². The van der Waals surface area contributed by atoms with Crippen LogP contribution in [0.15, 0.2) is 13.5 Å². The highest BCUT2D eigenvalue weighted by molar-refractivity contribution is 7.83. The molecule has 3 aliphatic heterocycles. The van der Waals surface area contributed by atoms with Gasteiger partial charge in [0.25, 0.3) is 0 Å². The van der Waals surface area contributed by atoms with Gasteiger partial charge >= 0.3 is 0 Å². The third kappa shape index (κ3) is 2.83. The van der Waals surface area contributed by atoms with Crippen LogP contribution in [0.3, 0.4) is 0 Å². The molecule has 0 aromatic carbocycles. The Balaban J connectivity index is 2.40. The van der Waals surface area contributed by atoms with E-state index in [9.17, 15) is 0 Å². The molecule has 0 unspecified atom stereocenters. The Morgan fingerprint density at radius 1 is 0.542 bits per heavy atom. The van der Waals surface area contributed by atoms with E-state index in [2.05, 4.69) is 84.4 Å². The van der Waals surface area contributed by atoms with Crippen LogP contribution in [0.4, 0.5) is 0 Å². The average molecular weight is 395 g/mol. The summed E-state index contributed by atoms with van der Waals surface area (Å²) in [6.07, 6.45) is 0. The molecule has 140 valence electrons. The molecule has 3 aliphatic rings. The second-order valence-corrected chi connectivity index (χ2v) is 16.9. The van der Waals surface area contributed by atoms with Crippen LogP contribution in [0.2, 0.25) is 0 Å². The molecule has 0 bridgehead atoms. The lowest BCUT2D eigenvalue weighted by atomic mass is 11.0. The first-order valence-corrected chi connectivity index (χ1v) is 13.0. The molecular weight excluding hydrogens is 363 g/mol. The largest absolute Gasteiger partial charge is 0.246 e. The van der Waals surface area contributed by atoms with Gasteiger partial charge in [-0.25, -0.2) is 28.0 Å². The maximum absolute atomic E-state index is 5.49. The predicted molar refractivity (Wildman–Crippen MR) is 106 cm³/mol. The van der Waals surface area contributed by atoms with Crippen LogP contribution < -0.4 is 0 Å². The smallest absolute Gasteiger partial charge is 0.220 e. The van der Waals surface area contributed by atoms with Gasteiger partial charge < -0.3 is 0 Å². The van der Waals surface area contributed by atoms with Crippen molar-refractivity contribution in [1.29, 1.82) is 0 Å². The quantitative estimate of drug-likeness (QED) is 0.509. The van der Waals surface area contributed by atoms with Crippen LogP contribution in [0, 0.1) is 0 Å². The SMILES string of the molecule is CN(C)P1(N(C)C)=N[P@](N(C)C)(N2CC2)=N[P@](N(C)C)(N2CC2)=N1. The molecule has 0 aromatic heterocycles. The highest BCUT2D eigenvalue weighted by Gasteiger charge is 2.51. The summed E-state index contributed by atoms with van der Waals surface area (Å²) in [6, 6.07) is 0. The van der Waals surface area contributed by atoms with Gasteiger partial charge in [-0.15, -0.1) is 0 Å². The molecule has 2 atom stereocenters. The molecule has 2 saturated heterocycles. The minimum absolute atomic E-state index is 1.09. The lowest BCUT2D eigenvalue weighted by Crippen LogP contribution is -2.25. The van der Waals surface area contributed by atoms with Crippen LogP contribution in [0.25, 0.3) is 0 Å². The van der Waals surface area contributed by atoms with Gasteiger partial charge in [-0.1, -0.05) is 0 Å². The van der Waals surface area contributed by atoms with Gasteiger partial charge in [0, 0.05) is 26.2 Å². The summed E-state index contributed by atoms with van der Waals surface area (Å²) in [5.74, 6) is 0. The number of hydrogen-bond donors (Lipinski definition) is 0. The minimum atomic E-state index is -2.16. The van der Waals surface area contributed by atoms with Crippen molar-refractivity contribution in [2.24, 2.45) is 13.5 Å².